The third-order valence-electron chi connectivity index (χ3n) is 6.12. The monoisotopic (exact) mass is 405 g/mol. The van der Waals surface area contributed by atoms with Crippen LogP contribution in [0.4, 0.5) is 0 Å². The molecule has 0 unspecified atom stereocenters. The van der Waals surface area contributed by atoms with Crippen molar-refractivity contribution in [2.45, 2.75) is 12.8 Å². The first-order valence-electron chi connectivity index (χ1n) is 10.4. The van der Waals surface area contributed by atoms with Crippen LogP contribution in [0.5, 0.6) is 0 Å². The summed E-state index contributed by atoms with van der Waals surface area (Å²) in [5, 5.41) is 3.35. The zero-order chi connectivity index (χ0) is 20.1. The van der Waals surface area contributed by atoms with E-state index in [1.54, 1.807) is 0 Å². The summed E-state index contributed by atoms with van der Waals surface area (Å²) in [6.07, 6.45) is 6.79. The van der Waals surface area contributed by atoms with Gasteiger partial charge in [-0.05, 0) is 48.2 Å². The smallest absolute Gasteiger partial charge is 0.0616 e. The van der Waals surface area contributed by atoms with Crippen molar-refractivity contribution in [1.29, 1.82) is 0 Å². The number of aryl methyl sites for hydroxylation is 1. The van der Waals surface area contributed by atoms with Crippen molar-refractivity contribution >= 4 is 39.5 Å². The van der Waals surface area contributed by atoms with E-state index in [9.17, 15) is 0 Å². The maximum Gasteiger partial charge on any atom is 0.0616 e. The molecule has 0 aliphatic heterocycles. The van der Waals surface area contributed by atoms with Crippen LogP contribution in [0, 0.1) is 0 Å². The summed E-state index contributed by atoms with van der Waals surface area (Å²) < 4.78 is 2.40. The molecule has 1 heterocycles. The number of rotatable bonds is 2. The molecule has 144 valence electrons. The molecule has 1 nitrogen and oxygen atoms in total. The molecule has 0 atom stereocenters. The van der Waals surface area contributed by atoms with E-state index in [0.29, 0.717) is 0 Å². The van der Waals surface area contributed by atoms with Crippen molar-refractivity contribution in [2.24, 2.45) is 0 Å². The van der Waals surface area contributed by atoms with Crippen molar-refractivity contribution in [3.05, 3.63) is 107 Å². The van der Waals surface area contributed by atoms with Crippen LogP contribution < -0.4 is 0 Å². The van der Waals surface area contributed by atoms with Crippen LogP contribution in [0.25, 0.3) is 44.7 Å². The van der Waals surface area contributed by atoms with Gasteiger partial charge < -0.3 is 4.57 Å². The summed E-state index contributed by atoms with van der Waals surface area (Å²) in [5.74, 6) is 0. The second-order valence-electron chi connectivity index (χ2n) is 7.86. The molecular formula is C28H20ClN. The lowest BCUT2D eigenvalue weighted by molar-refractivity contribution is 0.986. The van der Waals surface area contributed by atoms with E-state index in [2.05, 4.69) is 89.5 Å². The zero-order valence-corrected chi connectivity index (χ0v) is 17.2. The van der Waals surface area contributed by atoms with Crippen LogP contribution in [0.2, 0.25) is 5.02 Å². The van der Waals surface area contributed by atoms with E-state index < -0.39 is 0 Å². The van der Waals surface area contributed by atoms with Crippen LogP contribution in [-0.2, 0) is 6.42 Å². The number of allylic oxidation sites excluding steroid dienone is 1. The van der Waals surface area contributed by atoms with E-state index in [4.69, 9.17) is 11.6 Å². The lowest BCUT2D eigenvalue weighted by Crippen LogP contribution is -2.00. The number of halogens is 1. The molecule has 6 rings (SSSR count). The molecule has 0 bridgehead atoms. The molecule has 0 radical (unpaired) electrons. The topological polar surface area (TPSA) is 4.93 Å². The molecular weight excluding hydrogens is 386 g/mol. The maximum atomic E-state index is 6.62. The Morgan fingerprint density at radius 1 is 0.767 bits per heavy atom. The fourth-order valence-electron chi connectivity index (χ4n) is 4.73. The van der Waals surface area contributed by atoms with Gasteiger partial charge in [-0.3, -0.25) is 0 Å². The number of nitrogens with zero attached hydrogens (tertiary/aromatic N) is 1. The van der Waals surface area contributed by atoms with E-state index in [0.717, 1.165) is 34.7 Å². The van der Waals surface area contributed by atoms with E-state index in [1.807, 2.05) is 12.1 Å². The summed E-state index contributed by atoms with van der Waals surface area (Å²) in [6, 6.07) is 30.0. The van der Waals surface area contributed by atoms with Gasteiger partial charge in [0.2, 0.25) is 0 Å². The number of aromatic nitrogens is 1. The molecule has 4 aromatic carbocycles. The Labute approximate surface area is 180 Å². The molecule has 2 heteroatoms. The average molecular weight is 406 g/mol. The predicted octanol–water partition coefficient (Wildman–Crippen LogP) is 8.06. The molecule has 5 aromatic rings. The highest BCUT2D eigenvalue weighted by molar-refractivity contribution is 6.33. The molecule has 1 aliphatic carbocycles. The lowest BCUT2D eigenvalue weighted by atomic mass is 9.95. The Balaban J connectivity index is 1.72. The average Bonchev–Trinajstić information content (AvgIpc) is 3.15. The third kappa shape index (κ3) is 2.63. The van der Waals surface area contributed by atoms with Crippen LogP contribution in [0.1, 0.15) is 17.5 Å². The van der Waals surface area contributed by atoms with Crippen molar-refractivity contribution < 1.29 is 0 Å². The highest BCUT2D eigenvalue weighted by Crippen LogP contribution is 2.39. The van der Waals surface area contributed by atoms with Gasteiger partial charge in [0.25, 0.3) is 0 Å². The highest BCUT2D eigenvalue weighted by atomic mass is 35.5. The molecule has 0 amide bonds. The van der Waals surface area contributed by atoms with Gasteiger partial charge in [-0.25, -0.2) is 0 Å². The van der Waals surface area contributed by atoms with Gasteiger partial charge in [-0.15, -0.1) is 0 Å². The molecule has 0 saturated heterocycles. The standard InChI is InChI=1S/C28H20ClN/c29-26-17-15-21(18-25(26)19-8-2-1-3-9-19)30-27-13-7-6-12-23(27)24-16-14-20-10-4-5-11-22(20)28(24)30/h1-3,5-9,11-18H,4,10H2. The van der Waals surface area contributed by atoms with Gasteiger partial charge in [0.05, 0.1) is 11.0 Å². The Morgan fingerprint density at radius 2 is 1.60 bits per heavy atom. The molecule has 0 N–H and O–H groups in total. The minimum Gasteiger partial charge on any atom is -0.309 e. The van der Waals surface area contributed by atoms with Gasteiger partial charge in [0.1, 0.15) is 0 Å². The Bertz CT molecular complexity index is 1440. The fourth-order valence-corrected chi connectivity index (χ4v) is 4.96. The normalized spacial score (nSPS) is 13.1. The van der Waals surface area contributed by atoms with Crippen LogP contribution >= 0.6 is 11.6 Å². The Morgan fingerprint density at radius 3 is 2.50 bits per heavy atom. The van der Waals surface area contributed by atoms with Gasteiger partial charge in [-0.2, -0.15) is 0 Å². The van der Waals surface area contributed by atoms with Gasteiger partial charge in [-0.1, -0.05) is 84.4 Å². The molecule has 1 aliphatic rings. The van der Waals surface area contributed by atoms with Crippen LogP contribution in [0.15, 0.2) is 91.0 Å². The Hall–Kier alpha value is -3.29. The number of fused-ring (bicyclic) bond motifs is 5. The fraction of sp³-hybridized carbons (Fsp3) is 0.0714. The molecule has 30 heavy (non-hydrogen) atoms. The number of hydrogen-bond donors (Lipinski definition) is 0. The van der Waals surface area contributed by atoms with Crippen LogP contribution in [0.3, 0.4) is 0 Å². The molecule has 0 spiro atoms. The summed E-state index contributed by atoms with van der Waals surface area (Å²) in [7, 11) is 0. The highest BCUT2D eigenvalue weighted by Gasteiger charge is 2.18. The van der Waals surface area contributed by atoms with E-state index in [1.165, 1.54) is 32.9 Å². The molecule has 0 fully saturated rings. The summed E-state index contributed by atoms with van der Waals surface area (Å²) in [5.41, 5.74) is 8.59. The van der Waals surface area contributed by atoms with Gasteiger partial charge in [0, 0.05) is 32.6 Å². The van der Waals surface area contributed by atoms with E-state index >= 15 is 0 Å². The molecule has 0 saturated carbocycles. The first-order valence-corrected chi connectivity index (χ1v) is 10.8. The van der Waals surface area contributed by atoms with Gasteiger partial charge in [0.15, 0.2) is 0 Å². The Kier molecular flexibility index (Phi) is 4.04. The largest absolute Gasteiger partial charge is 0.309 e. The zero-order valence-electron chi connectivity index (χ0n) is 16.5. The summed E-state index contributed by atoms with van der Waals surface area (Å²) >= 11 is 6.62. The number of hydrogen-bond acceptors (Lipinski definition) is 0. The SMILES string of the molecule is Clc1ccc(-n2c3ccccc3c3ccc4c(c32)C=CCC4)cc1-c1ccccc1. The first-order chi connectivity index (χ1) is 14.8. The second kappa shape index (κ2) is 6.90. The van der Waals surface area contributed by atoms with E-state index in [-0.39, 0.29) is 0 Å². The summed E-state index contributed by atoms with van der Waals surface area (Å²) in [4.78, 5) is 0. The van der Waals surface area contributed by atoms with Crippen molar-refractivity contribution in [1.82, 2.24) is 4.57 Å². The lowest BCUT2D eigenvalue weighted by Gasteiger charge is -2.16. The minimum atomic E-state index is 0.771. The molecule has 1 aromatic heterocycles. The maximum absolute atomic E-state index is 6.62. The first kappa shape index (κ1) is 17.6. The number of benzene rings is 4. The number of para-hydroxylation sites is 1. The quantitative estimate of drug-likeness (QED) is 0.280. The predicted molar refractivity (Wildman–Crippen MR) is 129 cm³/mol. The third-order valence-corrected chi connectivity index (χ3v) is 6.45. The van der Waals surface area contributed by atoms with Gasteiger partial charge >= 0.3 is 0 Å². The van der Waals surface area contributed by atoms with Crippen molar-refractivity contribution in [3.63, 3.8) is 0 Å². The van der Waals surface area contributed by atoms with Crippen LogP contribution in [-0.4, -0.2) is 4.57 Å². The van der Waals surface area contributed by atoms with Crippen molar-refractivity contribution in [2.75, 3.05) is 0 Å². The summed E-state index contributed by atoms with van der Waals surface area (Å²) in [6.45, 7) is 0. The van der Waals surface area contributed by atoms with Crippen molar-refractivity contribution in [3.8, 4) is 16.8 Å². The minimum absolute atomic E-state index is 0.771. The second-order valence-corrected chi connectivity index (χ2v) is 8.27.